The molecule has 0 saturated heterocycles. The van der Waals surface area contributed by atoms with Crippen molar-refractivity contribution in [2.75, 3.05) is 11.9 Å². The van der Waals surface area contributed by atoms with Crippen LogP contribution >= 0.6 is 11.3 Å². The lowest BCUT2D eigenvalue weighted by atomic mass is 10.1. The van der Waals surface area contributed by atoms with Crippen molar-refractivity contribution in [1.29, 1.82) is 0 Å². The fourth-order valence-electron chi connectivity index (χ4n) is 2.53. The molecule has 0 bridgehead atoms. The predicted octanol–water partition coefficient (Wildman–Crippen LogP) is 2.75. The summed E-state index contributed by atoms with van der Waals surface area (Å²) < 4.78 is 0. The number of aromatic carboxylic acids is 1. The number of nitrogens with zero attached hydrogens (tertiary/aromatic N) is 1. The van der Waals surface area contributed by atoms with E-state index in [9.17, 15) is 14.4 Å². The van der Waals surface area contributed by atoms with E-state index in [1.165, 1.54) is 6.07 Å². The molecular formula is C18H18N2O4S. The first-order valence-electron chi connectivity index (χ1n) is 7.94. The number of carbonyl (C=O) groups is 3. The van der Waals surface area contributed by atoms with Crippen molar-refractivity contribution in [2.45, 2.75) is 19.4 Å². The second-order valence-corrected chi connectivity index (χ2v) is 7.11. The van der Waals surface area contributed by atoms with Crippen LogP contribution in [0.2, 0.25) is 0 Å². The normalized spacial score (nSPS) is 13.3. The standard InChI is InChI=1S/C18H18N2O4S/c1-20(17(22)11-6-7-11)14-5-3-2-4-13(14)16(21)19-10-12-8-9-15(25-12)18(23)24/h2-5,8-9,11H,6-7,10H2,1H3,(H,19,21)(H,23,24). The highest BCUT2D eigenvalue weighted by atomic mass is 32.1. The molecule has 2 aromatic rings. The highest BCUT2D eigenvalue weighted by Crippen LogP contribution is 2.33. The van der Waals surface area contributed by atoms with Gasteiger partial charge in [0, 0.05) is 17.8 Å². The summed E-state index contributed by atoms with van der Waals surface area (Å²) in [5, 5.41) is 11.7. The SMILES string of the molecule is CN(C(=O)C1CC1)c1ccccc1C(=O)NCc1ccc(C(=O)O)s1. The molecule has 3 rings (SSSR count). The third-order valence-electron chi connectivity index (χ3n) is 4.06. The minimum Gasteiger partial charge on any atom is -0.477 e. The number of hydrogen-bond donors (Lipinski definition) is 2. The maximum Gasteiger partial charge on any atom is 0.345 e. The van der Waals surface area contributed by atoms with Gasteiger partial charge in [-0.1, -0.05) is 12.1 Å². The van der Waals surface area contributed by atoms with Crippen molar-refractivity contribution in [2.24, 2.45) is 5.92 Å². The number of thiophene rings is 1. The largest absolute Gasteiger partial charge is 0.477 e. The molecule has 2 amide bonds. The molecule has 0 aliphatic heterocycles. The number of para-hydroxylation sites is 1. The number of carboxylic acids is 1. The van der Waals surface area contributed by atoms with Crippen molar-refractivity contribution in [1.82, 2.24) is 5.32 Å². The minimum absolute atomic E-state index is 0.0320. The molecule has 1 heterocycles. The van der Waals surface area contributed by atoms with Gasteiger partial charge in [-0.2, -0.15) is 0 Å². The van der Waals surface area contributed by atoms with Gasteiger partial charge < -0.3 is 15.3 Å². The summed E-state index contributed by atoms with van der Waals surface area (Å²) in [5.74, 6) is -1.17. The minimum atomic E-state index is -0.979. The molecule has 1 aliphatic rings. The molecule has 2 N–H and O–H groups in total. The smallest absolute Gasteiger partial charge is 0.345 e. The monoisotopic (exact) mass is 358 g/mol. The van der Waals surface area contributed by atoms with Crippen LogP contribution in [-0.4, -0.2) is 29.9 Å². The van der Waals surface area contributed by atoms with Crippen LogP contribution in [0, 0.1) is 5.92 Å². The molecule has 1 aliphatic carbocycles. The fourth-order valence-corrected chi connectivity index (χ4v) is 3.32. The van der Waals surface area contributed by atoms with Crippen LogP contribution in [0.3, 0.4) is 0 Å². The van der Waals surface area contributed by atoms with E-state index < -0.39 is 5.97 Å². The maximum absolute atomic E-state index is 12.5. The Labute approximate surface area is 149 Å². The van der Waals surface area contributed by atoms with Crippen LogP contribution in [0.4, 0.5) is 5.69 Å². The highest BCUT2D eigenvalue weighted by molar-refractivity contribution is 7.13. The Morgan fingerprint density at radius 2 is 1.92 bits per heavy atom. The maximum atomic E-state index is 12.5. The average molecular weight is 358 g/mol. The first kappa shape index (κ1) is 17.2. The zero-order chi connectivity index (χ0) is 18.0. The lowest BCUT2D eigenvalue weighted by Crippen LogP contribution is -2.31. The molecule has 25 heavy (non-hydrogen) atoms. The third kappa shape index (κ3) is 3.88. The van der Waals surface area contributed by atoms with E-state index in [2.05, 4.69) is 5.32 Å². The van der Waals surface area contributed by atoms with Crippen molar-refractivity contribution in [3.8, 4) is 0 Å². The van der Waals surface area contributed by atoms with Crippen LogP contribution in [0.5, 0.6) is 0 Å². The predicted molar refractivity (Wildman–Crippen MR) is 95.0 cm³/mol. The van der Waals surface area contributed by atoms with E-state index in [1.807, 2.05) is 0 Å². The van der Waals surface area contributed by atoms with Crippen molar-refractivity contribution in [3.05, 3.63) is 51.7 Å². The van der Waals surface area contributed by atoms with Crippen LogP contribution in [0.25, 0.3) is 0 Å². The molecule has 0 atom stereocenters. The number of nitrogens with one attached hydrogen (secondary N) is 1. The summed E-state index contributed by atoms with van der Waals surface area (Å²) in [6.07, 6.45) is 1.81. The van der Waals surface area contributed by atoms with Crippen molar-refractivity contribution in [3.63, 3.8) is 0 Å². The number of benzene rings is 1. The zero-order valence-corrected chi connectivity index (χ0v) is 14.5. The Balaban J connectivity index is 1.71. The van der Waals surface area contributed by atoms with Gasteiger partial charge in [0.1, 0.15) is 4.88 Å². The van der Waals surface area contributed by atoms with Crippen molar-refractivity contribution < 1.29 is 19.5 Å². The second-order valence-electron chi connectivity index (χ2n) is 5.94. The molecule has 1 aromatic heterocycles. The van der Waals surface area contributed by atoms with Gasteiger partial charge >= 0.3 is 5.97 Å². The van der Waals surface area contributed by atoms with E-state index >= 15 is 0 Å². The van der Waals surface area contributed by atoms with Gasteiger partial charge in [0.15, 0.2) is 0 Å². The zero-order valence-electron chi connectivity index (χ0n) is 13.7. The number of amides is 2. The van der Waals surface area contributed by atoms with Crippen LogP contribution < -0.4 is 10.2 Å². The van der Waals surface area contributed by atoms with E-state index in [0.29, 0.717) is 11.3 Å². The lowest BCUT2D eigenvalue weighted by molar-refractivity contribution is -0.119. The summed E-state index contributed by atoms with van der Waals surface area (Å²) in [4.78, 5) is 38.2. The second kappa shape index (κ2) is 7.06. The topological polar surface area (TPSA) is 86.7 Å². The summed E-state index contributed by atoms with van der Waals surface area (Å²) >= 11 is 1.13. The van der Waals surface area contributed by atoms with E-state index in [1.54, 1.807) is 42.3 Å². The molecule has 0 unspecified atom stereocenters. The average Bonchev–Trinajstić information content (AvgIpc) is 3.35. The van der Waals surface area contributed by atoms with Crippen LogP contribution in [-0.2, 0) is 11.3 Å². The summed E-state index contributed by atoms with van der Waals surface area (Å²) in [7, 11) is 1.69. The number of hydrogen-bond acceptors (Lipinski definition) is 4. The van der Waals surface area contributed by atoms with Crippen LogP contribution in [0.15, 0.2) is 36.4 Å². The molecule has 6 nitrogen and oxygen atoms in total. The molecule has 7 heteroatoms. The Morgan fingerprint density at radius 3 is 2.56 bits per heavy atom. The van der Waals surface area contributed by atoms with Gasteiger partial charge in [0.2, 0.25) is 5.91 Å². The van der Waals surface area contributed by atoms with Gasteiger partial charge in [-0.25, -0.2) is 4.79 Å². The number of carbonyl (C=O) groups excluding carboxylic acids is 2. The molecule has 1 fully saturated rings. The van der Waals surface area contributed by atoms with Gasteiger partial charge in [-0.3, -0.25) is 9.59 Å². The van der Waals surface area contributed by atoms with Gasteiger partial charge in [0.05, 0.1) is 17.8 Å². The lowest BCUT2D eigenvalue weighted by Gasteiger charge is -2.20. The summed E-state index contributed by atoms with van der Waals surface area (Å²) in [6, 6.07) is 10.2. The Kier molecular flexibility index (Phi) is 4.85. The van der Waals surface area contributed by atoms with E-state index in [-0.39, 0.29) is 29.2 Å². The molecule has 130 valence electrons. The molecular weight excluding hydrogens is 340 g/mol. The molecule has 0 radical (unpaired) electrons. The number of carboxylic acid groups (broad SMARTS) is 1. The van der Waals surface area contributed by atoms with Gasteiger partial charge in [-0.05, 0) is 37.1 Å². The molecule has 0 spiro atoms. The Bertz CT molecular complexity index is 826. The van der Waals surface area contributed by atoms with Gasteiger partial charge in [-0.15, -0.1) is 11.3 Å². The summed E-state index contributed by atoms with van der Waals surface area (Å²) in [5.41, 5.74) is 1.00. The van der Waals surface area contributed by atoms with E-state index in [4.69, 9.17) is 5.11 Å². The summed E-state index contributed by atoms with van der Waals surface area (Å²) in [6.45, 7) is 0.241. The molecule has 1 saturated carbocycles. The third-order valence-corrected chi connectivity index (χ3v) is 5.14. The highest BCUT2D eigenvalue weighted by Gasteiger charge is 2.33. The first-order chi connectivity index (χ1) is 12.0. The van der Waals surface area contributed by atoms with Gasteiger partial charge in [0.25, 0.3) is 5.91 Å². The fraction of sp³-hybridized carbons (Fsp3) is 0.278. The Hall–Kier alpha value is -2.67. The number of anilines is 1. The Morgan fingerprint density at radius 1 is 1.20 bits per heavy atom. The number of rotatable bonds is 6. The van der Waals surface area contributed by atoms with Crippen molar-refractivity contribution >= 4 is 34.8 Å². The first-order valence-corrected chi connectivity index (χ1v) is 8.76. The molecule has 1 aromatic carbocycles. The quantitative estimate of drug-likeness (QED) is 0.831. The van der Waals surface area contributed by atoms with E-state index in [0.717, 1.165) is 29.1 Å². The van der Waals surface area contributed by atoms with Crippen LogP contribution in [0.1, 0.15) is 37.7 Å².